The summed E-state index contributed by atoms with van der Waals surface area (Å²) in [4.78, 5) is 24.9. The number of halogens is 3. The minimum absolute atomic E-state index is 0.0346. The van der Waals surface area contributed by atoms with E-state index in [-0.39, 0.29) is 17.3 Å². The third-order valence-corrected chi connectivity index (χ3v) is 3.87. The quantitative estimate of drug-likeness (QED) is 0.897. The maximum atomic E-state index is 13.8. The highest BCUT2D eigenvalue weighted by Crippen LogP contribution is 2.29. The summed E-state index contributed by atoms with van der Waals surface area (Å²) >= 11 is 11.9. The highest BCUT2D eigenvalue weighted by atomic mass is 35.5. The van der Waals surface area contributed by atoms with Crippen LogP contribution in [0.5, 0.6) is 0 Å². The lowest BCUT2D eigenvalue weighted by molar-refractivity contribution is -0.120. The molecule has 0 aliphatic carbocycles. The summed E-state index contributed by atoms with van der Waals surface area (Å²) in [6, 6.07) is 10.5. The standard InChI is InChI=1S/C16H13Cl2FN2O2/c1-10(22)21(14-8-3-2-6-12(14)19)9-15(23)20-13-7-4-5-11(17)16(13)18/h2-8H,9H2,1H3,(H,20,23). The molecule has 0 radical (unpaired) electrons. The van der Waals surface area contributed by atoms with Crippen LogP contribution in [0.4, 0.5) is 15.8 Å². The van der Waals surface area contributed by atoms with E-state index >= 15 is 0 Å². The summed E-state index contributed by atoms with van der Waals surface area (Å²) in [6.07, 6.45) is 0. The fourth-order valence-electron chi connectivity index (χ4n) is 1.97. The third kappa shape index (κ3) is 4.21. The molecule has 0 saturated heterocycles. The number of nitrogens with one attached hydrogen (secondary N) is 1. The van der Waals surface area contributed by atoms with Gasteiger partial charge in [0.2, 0.25) is 11.8 Å². The van der Waals surface area contributed by atoms with E-state index in [9.17, 15) is 14.0 Å². The Hall–Kier alpha value is -2.11. The topological polar surface area (TPSA) is 49.4 Å². The first-order valence-corrected chi connectivity index (χ1v) is 7.42. The van der Waals surface area contributed by atoms with E-state index in [2.05, 4.69) is 5.32 Å². The molecular formula is C16H13Cl2FN2O2. The smallest absolute Gasteiger partial charge is 0.244 e. The Bertz CT molecular complexity index is 753. The number of para-hydroxylation sites is 1. The van der Waals surface area contributed by atoms with E-state index in [0.29, 0.717) is 10.7 Å². The summed E-state index contributed by atoms with van der Waals surface area (Å²) in [7, 11) is 0. The number of carbonyl (C=O) groups is 2. The molecule has 0 bridgehead atoms. The van der Waals surface area contributed by atoms with Crippen molar-refractivity contribution in [2.24, 2.45) is 0 Å². The molecule has 2 rings (SSSR count). The highest BCUT2D eigenvalue weighted by molar-refractivity contribution is 6.44. The van der Waals surface area contributed by atoms with E-state index in [0.717, 1.165) is 4.90 Å². The number of benzene rings is 2. The van der Waals surface area contributed by atoms with Crippen LogP contribution in [0.15, 0.2) is 42.5 Å². The van der Waals surface area contributed by atoms with Gasteiger partial charge in [-0.25, -0.2) is 4.39 Å². The molecule has 0 aromatic heterocycles. The van der Waals surface area contributed by atoms with Crippen LogP contribution >= 0.6 is 23.2 Å². The molecule has 0 unspecified atom stereocenters. The lowest BCUT2D eigenvalue weighted by atomic mass is 10.2. The monoisotopic (exact) mass is 354 g/mol. The fourth-order valence-corrected chi connectivity index (χ4v) is 2.32. The Morgan fingerprint density at radius 1 is 1.13 bits per heavy atom. The van der Waals surface area contributed by atoms with Gasteiger partial charge in [0.15, 0.2) is 0 Å². The Morgan fingerprint density at radius 2 is 1.83 bits per heavy atom. The zero-order valence-corrected chi connectivity index (χ0v) is 13.7. The van der Waals surface area contributed by atoms with Crippen molar-refractivity contribution in [3.63, 3.8) is 0 Å². The van der Waals surface area contributed by atoms with E-state index in [1.807, 2.05) is 0 Å². The highest BCUT2D eigenvalue weighted by Gasteiger charge is 2.19. The predicted octanol–water partition coefficient (Wildman–Crippen LogP) is 4.12. The molecular weight excluding hydrogens is 342 g/mol. The summed E-state index contributed by atoms with van der Waals surface area (Å²) in [5.74, 6) is -1.56. The Kier molecular flexibility index (Phi) is 5.58. The molecule has 2 amide bonds. The van der Waals surface area contributed by atoms with Crippen LogP contribution in [-0.2, 0) is 9.59 Å². The molecule has 23 heavy (non-hydrogen) atoms. The largest absolute Gasteiger partial charge is 0.323 e. The number of anilines is 2. The van der Waals surface area contributed by atoms with Crippen LogP contribution in [0, 0.1) is 5.82 Å². The van der Waals surface area contributed by atoms with Crippen molar-refractivity contribution in [1.82, 2.24) is 0 Å². The van der Waals surface area contributed by atoms with Gasteiger partial charge in [0, 0.05) is 6.92 Å². The van der Waals surface area contributed by atoms with Crippen molar-refractivity contribution >= 4 is 46.4 Å². The normalized spacial score (nSPS) is 10.3. The predicted molar refractivity (Wildman–Crippen MR) is 89.5 cm³/mol. The van der Waals surface area contributed by atoms with Crippen molar-refractivity contribution in [3.05, 3.63) is 58.3 Å². The Balaban J connectivity index is 2.18. The molecule has 4 nitrogen and oxygen atoms in total. The maximum absolute atomic E-state index is 13.8. The minimum atomic E-state index is -0.587. The molecule has 0 aliphatic rings. The van der Waals surface area contributed by atoms with Crippen LogP contribution in [-0.4, -0.2) is 18.4 Å². The molecule has 7 heteroatoms. The fraction of sp³-hybridized carbons (Fsp3) is 0.125. The Morgan fingerprint density at radius 3 is 2.48 bits per heavy atom. The maximum Gasteiger partial charge on any atom is 0.244 e. The van der Waals surface area contributed by atoms with Gasteiger partial charge in [-0.05, 0) is 24.3 Å². The average molecular weight is 355 g/mol. The molecule has 0 aliphatic heterocycles. The van der Waals surface area contributed by atoms with Gasteiger partial charge in [-0.1, -0.05) is 41.4 Å². The molecule has 0 atom stereocenters. The molecule has 2 aromatic carbocycles. The molecule has 0 saturated carbocycles. The van der Waals surface area contributed by atoms with Crippen LogP contribution in [0.3, 0.4) is 0 Å². The molecule has 0 spiro atoms. The van der Waals surface area contributed by atoms with Gasteiger partial charge in [0.05, 0.1) is 21.4 Å². The van der Waals surface area contributed by atoms with Crippen LogP contribution < -0.4 is 10.2 Å². The lowest BCUT2D eigenvalue weighted by Gasteiger charge is -2.21. The number of nitrogens with zero attached hydrogens (tertiary/aromatic N) is 1. The summed E-state index contributed by atoms with van der Waals surface area (Å²) in [6.45, 7) is 0.908. The van der Waals surface area contributed by atoms with Crippen molar-refractivity contribution in [3.8, 4) is 0 Å². The van der Waals surface area contributed by atoms with Crippen LogP contribution in [0.1, 0.15) is 6.92 Å². The molecule has 0 fully saturated rings. The first-order chi connectivity index (χ1) is 10.9. The van der Waals surface area contributed by atoms with Crippen molar-refractivity contribution in [1.29, 1.82) is 0 Å². The van der Waals surface area contributed by atoms with Gasteiger partial charge >= 0.3 is 0 Å². The van der Waals surface area contributed by atoms with E-state index in [4.69, 9.17) is 23.2 Å². The average Bonchev–Trinajstić information content (AvgIpc) is 2.50. The first kappa shape index (κ1) is 17.2. The number of amides is 2. The van der Waals surface area contributed by atoms with Crippen LogP contribution in [0.25, 0.3) is 0 Å². The lowest BCUT2D eigenvalue weighted by Crippen LogP contribution is -2.37. The minimum Gasteiger partial charge on any atom is -0.323 e. The van der Waals surface area contributed by atoms with E-state index < -0.39 is 17.6 Å². The van der Waals surface area contributed by atoms with Crippen LogP contribution in [0.2, 0.25) is 10.0 Å². The molecule has 2 aromatic rings. The zero-order valence-electron chi connectivity index (χ0n) is 12.1. The van der Waals surface area contributed by atoms with Crippen molar-refractivity contribution < 1.29 is 14.0 Å². The van der Waals surface area contributed by atoms with Gasteiger partial charge in [0.25, 0.3) is 0 Å². The second-order valence-corrected chi connectivity index (χ2v) is 5.49. The SMILES string of the molecule is CC(=O)N(CC(=O)Nc1cccc(Cl)c1Cl)c1ccccc1F. The van der Waals surface area contributed by atoms with Gasteiger partial charge in [0.1, 0.15) is 12.4 Å². The number of hydrogen-bond donors (Lipinski definition) is 1. The van der Waals surface area contributed by atoms with Gasteiger partial charge in [-0.3, -0.25) is 9.59 Å². The number of hydrogen-bond acceptors (Lipinski definition) is 2. The summed E-state index contributed by atoms with van der Waals surface area (Å²) in [5, 5.41) is 3.04. The second-order valence-electron chi connectivity index (χ2n) is 4.71. The molecule has 0 heterocycles. The van der Waals surface area contributed by atoms with Crippen molar-refractivity contribution in [2.45, 2.75) is 6.92 Å². The molecule has 120 valence electrons. The van der Waals surface area contributed by atoms with Gasteiger partial charge in [-0.2, -0.15) is 0 Å². The first-order valence-electron chi connectivity index (χ1n) is 6.66. The zero-order chi connectivity index (χ0) is 17.0. The summed E-state index contributed by atoms with van der Waals surface area (Å²) < 4.78 is 13.8. The van der Waals surface area contributed by atoms with Gasteiger partial charge in [-0.15, -0.1) is 0 Å². The number of carbonyl (C=O) groups excluding carboxylic acids is 2. The summed E-state index contributed by atoms with van der Waals surface area (Å²) in [5.41, 5.74) is 0.355. The molecule has 1 N–H and O–H groups in total. The van der Waals surface area contributed by atoms with E-state index in [1.54, 1.807) is 24.3 Å². The number of rotatable bonds is 4. The second kappa shape index (κ2) is 7.44. The van der Waals surface area contributed by atoms with Crippen molar-refractivity contribution in [2.75, 3.05) is 16.8 Å². The Labute approximate surface area is 142 Å². The van der Waals surface area contributed by atoms with E-state index in [1.165, 1.54) is 25.1 Å². The van der Waals surface area contributed by atoms with Gasteiger partial charge < -0.3 is 10.2 Å². The third-order valence-electron chi connectivity index (χ3n) is 3.05.